The average Bonchev–Trinajstić information content (AvgIpc) is 3.04. The Labute approximate surface area is 154 Å². The number of carboxylic acid groups (broad SMARTS) is 1. The largest absolute Gasteiger partial charge is 0.497 e. The molecule has 1 aromatic heterocycles. The molecule has 26 heavy (non-hydrogen) atoms. The van der Waals surface area contributed by atoms with Gasteiger partial charge in [-0.3, -0.25) is 4.79 Å². The van der Waals surface area contributed by atoms with Crippen molar-refractivity contribution in [3.8, 4) is 5.75 Å². The third-order valence-electron chi connectivity index (χ3n) is 3.88. The van der Waals surface area contributed by atoms with Crippen LogP contribution in [0.3, 0.4) is 0 Å². The highest BCUT2D eigenvalue weighted by Crippen LogP contribution is 2.24. The molecule has 2 N–H and O–H groups in total. The van der Waals surface area contributed by atoms with Crippen molar-refractivity contribution in [1.29, 1.82) is 0 Å². The number of halogens is 1. The van der Waals surface area contributed by atoms with Gasteiger partial charge in [0.05, 0.1) is 7.11 Å². The second kappa shape index (κ2) is 7.49. The van der Waals surface area contributed by atoms with Gasteiger partial charge in [-0.05, 0) is 42.0 Å². The van der Waals surface area contributed by atoms with Gasteiger partial charge in [0.25, 0.3) is 5.91 Å². The maximum Gasteiger partial charge on any atom is 0.326 e. The third kappa shape index (κ3) is 3.97. The van der Waals surface area contributed by atoms with E-state index < -0.39 is 17.9 Å². The third-order valence-corrected chi connectivity index (χ3v) is 4.11. The Morgan fingerprint density at radius 3 is 2.73 bits per heavy atom. The smallest absolute Gasteiger partial charge is 0.326 e. The Morgan fingerprint density at radius 1 is 1.23 bits per heavy atom. The summed E-state index contributed by atoms with van der Waals surface area (Å²) in [6, 6.07) is 12.4. The van der Waals surface area contributed by atoms with Crippen LogP contribution in [0, 0.1) is 0 Å². The number of carbonyl (C=O) groups is 2. The number of furan rings is 1. The Bertz CT molecular complexity index is 965. The van der Waals surface area contributed by atoms with Gasteiger partial charge in [0.2, 0.25) is 0 Å². The summed E-state index contributed by atoms with van der Waals surface area (Å²) < 4.78 is 10.6. The van der Waals surface area contributed by atoms with E-state index in [1.54, 1.807) is 55.6 Å². The van der Waals surface area contributed by atoms with Crippen LogP contribution in [0.25, 0.3) is 11.0 Å². The maximum absolute atomic E-state index is 12.4. The molecule has 0 saturated heterocycles. The molecule has 0 saturated carbocycles. The highest BCUT2D eigenvalue weighted by Gasteiger charge is 2.23. The highest BCUT2D eigenvalue weighted by molar-refractivity contribution is 6.30. The van der Waals surface area contributed by atoms with E-state index in [-0.39, 0.29) is 12.2 Å². The van der Waals surface area contributed by atoms with E-state index >= 15 is 0 Å². The Morgan fingerprint density at radius 2 is 2.04 bits per heavy atom. The molecule has 134 valence electrons. The molecule has 0 aliphatic rings. The van der Waals surface area contributed by atoms with E-state index in [0.29, 0.717) is 27.3 Å². The van der Waals surface area contributed by atoms with Gasteiger partial charge in [-0.15, -0.1) is 0 Å². The first-order valence-corrected chi connectivity index (χ1v) is 8.20. The van der Waals surface area contributed by atoms with E-state index in [4.69, 9.17) is 20.8 Å². The summed E-state index contributed by atoms with van der Waals surface area (Å²) in [5.41, 5.74) is 1.22. The number of ether oxygens (including phenoxy) is 1. The molecule has 0 bridgehead atoms. The van der Waals surface area contributed by atoms with Crippen molar-refractivity contribution in [2.75, 3.05) is 7.11 Å². The SMILES string of the molecule is COc1ccc2oc(C(=O)N[C@@H](Cc3cccc(Cl)c3)C(=O)O)cc2c1. The molecule has 0 fully saturated rings. The maximum atomic E-state index is 12.4. The van der Waals surface area contributed by atoms with Gasteiger partial charge in [-0.2, -0.15) is 0 Å². The first kappa shape index (κ1) is 17.8. The van der Waals surface area contributed by atoms with Crippen LogP contribution >= 0.6 is 11.6 Å². The number of nitrogens with one attached hydrogen (secondary N) is 1. The van der Waals surface area contributed by atoms with Crippen molar-refractivity contribution in [3.63, 3.8) is 0 Å². The van der Waals surface area contributed by atoms with Gasteiger partial charge in [-0.1, -0.05) is 23.7 Å². The van der Waals surface area contributed by atoms with Crippen LogP contribution < -0.4 is 10.1 Å². The molecular weight excluding hydrogens is 358 g/mol. The van der Waals surface area contributed by atoms with Gasteiger partial charge in [0.1, 0.15) is 17.4 Å². The summed E-state index contributed by atoms with van der Waals surface area (Å²) in [4.78, 5) is 23.9. The molecule has 2 aromatic carbocycles. The molecule has 3 rings (SSSR count). The zero-order chi connectivity index (χ0) is 18.7. The van der Waals surface area contributed by atoms with Crippen LogP contribution in [0.2, 0.25) is 5.02 Å². The van der Waals surface area contributed by atoms with Crippen molar-refractivity contribution in [3.05, 3.63) is 64.9 Å². The fourth-order valence-electron chi connectivity index (χ4n) is 2.59. The number of benzene rings is 2. The molecule has 6 nitrogen and oxygen atoms in total. The van der Waals surface area contributed by atoms with Crippen LogP contribution in [0.15, 0.2) is 52.9 Å². The van der Waals surface area contributed by atoms with Crippen molar-refractivity contribution >= 4 is 34.4 Å². The number of carboxylic acids is 1. The van der Waals surface area contributed by atoms with E-state index in [1.165, 1.54) is 0 Å². The second-order valence-electron chi connectivity index (χ2n) is 5.71. The summed E-state index contributed by atoms with van der Waals surface area (Å²) in [5, 5.41) is 13.1. The Kier molecular flexibility index (Phi) is 5.14. The predicted molar refractivity (Wildman–Crippen MR) is 96.8 cm³/mol. The van der Waals surface area contributed by atoms with Gasteiger partial charge in [-0.25, -0.2) is 4.79 Å². The Balaban J connectivity index is 1.78. The average molecular weight is 374 g/mol. The van der Waals surface area contributed by atoms with E-state index in [9.17, 15) is 14.7 Å². The number of carbonyl (C=O) groups excluding carboxylic acids is 1. The first-order valence-electron chi connectivity index (χ1n) is 7.82. The molecule has 0 radical (unpaired) electrons. The lowest BCUT2D eigenvalue weighted by atomic mass is 10.1. The summed E-state index contributed by atoms with van der Waals surface area (Å²) >= 11 is 5.92. The molecular formula is C19H16ClNO5. The minimum Gasteiger partial charge on any atom is -0.497 e. The lowest BCUT2D eigenvalue weighted by molar-refractivity contribution is -0.139. The summed E-state index contributed by atoms with van der Waals surface area (Å²) in [6.45, 7) is 0. The number of rotatable bonds is 6. The van der Waals surface area contributed by atoms with Crippen LogP contribution in [0.5, 0.6) is 5.75 Å². The van der Waals surface area contributed by atoms with Gasteiger partial charge < -0.3 is 19.6 Å². The summed E-state index contributed by atoms with van der Waals surface area (Å²) in [5.74, 6) is -1.08. The summed E-state index contributed by atoms with van der Waals surface area (Å²) in [6.07, 6.45) is 0.107. The number of fused-ring (bicyclic) bond motifs is 1. The number of methoxy groups -OCH3 is 1. The molecule has 1 amide bonds. The van der Waals surface area contributed by atoms with E-state index in [0.717, 1.165) is 0 Å². The highest BCUT2D eigenvalue weighted by atomic mass is 35.5. The number of amides is 1. The molecule has 0 aliphatic carbocycles. The zero-order valence-corrected chi connectivity index (χ0v) is 14.6. The van der Waals surface area contributed by atoms with Crippen molar-refractivity contribution in [1.82, 2.24) is 5.32 Å². The first-order chi connectivity index (χ1) is 12.5. The molecule has 1 heterocycles. The van der Waals surface area contributed by atoms with Crippen LogP contribution in [-0.4, -0.2) is 30.1 Å². The van der Waals surface area contributed by atoms with Crippen molar-refractivity contribution in [2.24, 2.45) is 0 Å². The lowest BCUT2D eigenvalue weighted by Gasteiger charge is -2.13. The molecule has 7 heteroatoms. The standard InChI is InChI=1S/C19H16ClNO5/c1-25-14-5-6-16-12(9-14)10-17(26-16)18(22)21-15(19(23)24)8-11-3-2-4-13(20)7-11/h2-7,9-10,15H,8H2,1H3,(H,21,22)(H,23,24)/t15-/m0/s1. The lowest BCUT2D eigenvalue weighted by Crippen LogP contribution is -2.42. The Hall–Kier alpha value is -2.99. The van der Waals surface area contributed by atoms with E-state index in [1.807, 2.05) is 0 Å². The fourth-order valence-corrected chi connectivity index (χ4v) is 2.80. The predicted octanol–water partition coefficient (Wildman–Crippen LogP) is 3.52. The molecule has 1 atom stereocenters. The van der Waals surface area contributed by atoms with Gasteiger partial charge in [0.15, 0.2) is 5.76 Å². The molecule has 0 spiro atoms. The summed E-state index contributed by atoms with van der Waals surface area (Å²) in [7, 11) is 1.54. The molecule has 3 aromatic rings. The minimum absolute atomic E-state index is 0.0330. The normalized spacial score (nSPS) is 11.9. The van der Waals surface area contributed by atoms with Crippen molar-refractivity contribution in [2.45, 2.75) is 12.5 Å². The number of hydrogen-bond donors (Lipinski definition) is 2. The van der Waals surface area contributed by atoms with Crippen molar-refractivity contribution < 1.29 is 23.8 Å². The fraction of sp³-hybridized carbons (Fsp3) is 0.158. The monoisotopic (exact) mass is 373 g/mol. The van der Waals surface area contributed by atoms with Gasteiger partial charge in [0, 0.05) is 16.8 Å². The van der Waals surface area contributed by atoms with Crippen LogP contribution in [0.1, 0.15) is 16.1 Å². The van der Waals surface area contributed by atoms with E-state index in [2.05, 4.69) is 5.32 Å². The molecule has 0 unspecified atom stereocenters. The van der Waals surface area contributed by atoms with Crippen LogP contribution in [0.4, 0.5) is 0 Å². The number of aliphatic carboxylic acids is 1. The quantitative estimate of drug-likeness (QED) is 0.690. The second-order valence-corrected chi connectivity index (χ2v) is 6.15. The van der Waals surface area contributed by atoms with Gasteiger partial charge >= 0.3 is 5.97 Å². The topological polar surface area (TPSA) is 88.8 Å². The number of hydrogen-bond acceptors (Lipinski definition) is 4. The minimum atomic E-state index is -1.14. The van der Waals surface area contributed by atoms with Crippen LogP contribution in [-0.2, 0) is 11.2 Å². The molecule has 0 aliphatic heterocycles. The zero-order valence-electron chi connectivity index (χ0n) is 13.9.